The molecular formula is C19H29FO. The Morgan fingerprint density at radius 3 is 2.52 bits per heavy atom. The van der Waals surface area contributed by atoms with Gasteiger partial charge >= 0.3 is 0 Å². The van der Waals surface area contributed by atoms with Crippen molar-refractivity contribution in [1.82, 2.24) is 0 Å². The zero-order valence-corrected chi connectivity index (χ0v) is 13.3. The molecule has 1 aliphatic carbocycles. The second-order valence-electron chi connectivity index (χ2n) is 6.79. The maximum absolute atomic E-state index is 13.9. The van der Waals surface area contributed by atoms with Crippen LogP contribution >= 0.6 is 0 Å². The average Bonchev–Trinajstić information content (AvgIpc) is 2.48. The lowest BCUT2D eigenvalue weighted by Crippen LogP contribution is -2.25. The highest BCUT2D eigenvalue weighted by atomic mass is 19.1. The molecule has 0 saturated heterocycles. The van der Waals surface area contributed by atoms with Crippen LogP contribution in [-0.2, 0) is 6.42 Å². The van der Waals surface area contributed by atoms with Gasteiger partial charge in [-0.2, -0.15) is 0 Å². The molecule has 0 bridgehead atoms. The minimum Gasteiger partial charge on any atom is -0.508 e. The zero-order chi connectivity index (χ0) is 15.1. The molecule has 1 aromatic carbocycles. The van der Waals surface area contributed by atoms with Gasteiger partial charge in [-0.3, -0.25) is 0 Å². The van der Waals surface area contributed by atoms with Gasteiger partial charge in [-0.25, -0.2) is 4.39 Å². The maximum Gasteiger partial charge on any atom is 0.130 e. The third-order valence-corrected chi connectivity index (χ3v) is 5.19. The van der Waals surface area contributed by atoms with Crippen LogP contribution in [0.1, 0.15) is 76.7 Å². The van der Waals surface area contributed by atoms with Crippen molar-refractivity contribution >= 4 is 0 Å². The molecule has 0 aliphatic heterocycles. The summed E-state index contributed by atoms with van der Waals surface area (Å²) in [6, 6.07) is 4.58. The predicted octanol–water partition coefficient (Wildman–Crippen LogP) is 5.99. The minimum atomic E-state index is -0.255. The van der Waals surface area contributed by atoms with Crippen LogP contribution in [0.2, 0.25) is 0 Å². The summed E-state index contributed by atoms with van der Waals surface area (Å²) in [7, 11) is 0. The van der Waals surface area contributed by atoms with Gasteiger partial charge in [0, 0.05) is 6.07 Å². The molecule has 0 aromatic heterocycles. The van der Waals surface area contributed by atoms with Crippen molar-refractivity contribution in [1.29, 1.82) is 0 Å². The van der Waals surface area contributed by atoms with Gasteiger partial charge in [0.25, 0.3) is 0 Å². The van der Waals surface area contributed by atoms with Crippen molar-refractivity contribution in [2.45, 2.75) is 77.6 Å². The SMILES string of the molecule is CCCCCC1(CCc2ccc(O)cc2F)CCCCC1. The molecule has 1 saturated carbocycles. The summed E-state index contributed by atoms with van der Waals surface area (Å²) in [5, 5.41) is 9.31. The Bertz CT molecular complexity index is 435. The summed E-state index contributed by atoms with van der Waals surface area (Å²) < 4.78 is 13.9. The highest BCUT2D eigenvalue weighted by Crippen LogP contribution is 2.44. The fourth-order valence-electron chi connectivity index (χ4n) is 3.82. The molecule has 1 aromatic rings. The molecule has 0 atom stereocenters. The molecule has 1 aliphatic rings. The van der Waals surface area contributed by atoms with E-state index in [1.54, 1.807) is 12.1 Å². The van der Waals surface area contributed by atoms with E-state index in [0.29, 0.717) is 5.41 Å². The van der Waals surface area contributed by atoms with Gasteiger partial charge in [0.15, 0.2) is 0 Å². The fraction of sp³-hybridized carbons (Fsp3) is 0.684. The number of hydrogen-bond acceptors (Lipinski definition) is 1. The molecule has 0 unspecified atom stereocenters. The van der Waals surface area contributed by atoms with Crippen LogP contribution in [0.5, 0.6) is 5.75 Å². The number of aromatic hydroxyl groups is 1. The van der Waals surface area contributed by atoms with Gasteiger partial charge in [0.1, 0.15) is 11.6 Å². The zero-order valence-electron chi connectivity index (χ0n) is 13.3. The van der Waals surface area contributed by atoms with Crippen molar-refractivity contribution in [3.63, 3.8) is 0 Å². The second kappa shape index (κ2) is 7.82. The Morgan fingerprint density at radius 1 is 1.10 bits per heavy atom. The first-order valence-corrected chi connectivity index (χ1v) is 8.63. The van der Waals surface area contributed by atoms with Gasteiger partial charge in [-0.15, -0.1) is 0 Å². The maximum atomic E-state index is 13.9. The van der Waals surface area contributed by atoms with Crippen LogP contribution in [0.3, 0.4) is 0 Å². The quantitative estimate of drug-likeness (QED) is 0.611. The smallest absolute Gasteiger partial charge is 0.130 e. The van der Waals surface area contributed by atoms with Gasteiger partial charge in [0.05, 0.1) is 0 Å². The molecule has 0 spiro atoms. The molecule has 0 radical (unpaired) electrons. The van der Waals surface area contributed by atoms with Crippen molar-refractivity contribution in [3.8, 4) is 5.75 Å². The number of halogens is 1. The largest absolute Gasteiger partial charge is 0.508 e. The number of aryl methyl sites for hydroxylation is 1. The molecule has 2 rings (SSSR count). The van der Waals surface area contributed by atoms with E-state index in [2.05, 4.69) is 6.92 Å². The minimum absolute atomic E-state index is 0.0200. The summed E-state index contributed by atoms with van der Waals surface area (Å²) in [6.07, 6.45) is 13.8. The van der Waals surface area contributed by atoms with Crippen molar-refractivity contribution in [2.24, 2.45) is 5.41 Å². The van der Waals surface area contributed by atoms with Crippen LogP contribution < -0.4 is 0 Å². The summed E-state index contributed by atoms with van der Waals surface area (Å²) in [5.74, 6) is -0.235. The van der Waals surface area contributed by atoms with Crippen LogP contribution in [0.25, 0.3) is 0 Å². The Kier molecular flexibility index (Phi) is 6.08. The van der Waals surface area contributed by atoms with Crippen LogP contribution in [0.4, 0.5) is 4.39 Å². The van der Waals surface area contributed by atoms with Crippen LogP contribution in [-0.4, -0.2) is 5.11 Å². The van der Waals surface area contributed by atoms with E-state index >= 15 is 0 Å². The third kappa shape index (κ3) is 4.72. The molecule has 2 heteroatoms. The van der Waals surface area contributed by atoms with Crippen LogP contribution in [0, 0.1) is 11.2 Å². The first-order chi connectivity index (χ1) is 10.2. The lowest BCUT2D eigenvalue weighted by Gasteiger charge is -2.38. The molecule has 1 nitrogen and oxygen atoms in total. The first-order valence-electron chi connectivity index (χ1n) is 8.63. The monoisotopic (exact) mass is 292 g/mol. The van der Waals surface area contributed by atoms with E-state index < -0.39 is 0 Å². The first kappa shape index (κ1) is 16.3. The molecule has 1 N–H and O–H groups in total. The van der Waals surface area contributed by atoms with Crippen molar-refractivity contribution in [3.05, 3.63) is 29.6 Å². The van der Waals surface area contributed by atoms with Gasteiger partial charge < -0.3 is 5.11 Å². The van der Waals surface area contributed by atoms with Crippen molar-refractivity contribution in [2.75, 3.05) is 0 Å². The van der Waals surface area contributed by atoms with Gasteiger partial charge in [-0.05, 0) is 49.1 Å². The number of hydrogen-bond donors (Lipinski definition) is 1. The van der Waals surface area contributed by atoms with E-state index in [1.165, 1.54) is 63.9 Å². The Morgan fingerprint density at radius 2 is 1.86 bits per heavy atom. The molecule has 0 amide bonds. The summed E-state index contributed by atoms with van der Waals surface area (Å²) in [5.41, 5.74) is 1.20. The van der Waals surface area contributed by atoms with E-state index in [0.717, 1.165) is 18.4 Å². The predicted molar refractivity (Wildman–Crippen MR) is 86.0 cm³/mol. The van der Waals surface area contributed by atoms with Crippen LogP contribution in [0.15, 0.2) is 18.2 Å². The topological polar surface area (TPSA) is 20.2 Å². The normalized spacial score (nSPS) is 17.8. The molecule has 21 heavy (non-hydrogen) atoms. The molecular weight excluding hydrogens is 263 g/mol. The Labute approximate surface area is 128 Å². The summed E-state index contributed by atoms with van der Waals surface area (Å²) in [4.78, 5) is 0. The van der Waals surface area contributed by atoms with Gasteiger partial charge in [-0.1, -0.05) is 51.5 Å². The summed E-state index contributed by atoms with van der Waals surface area (Å²) in [6.45, 7) is 2.25. The van der Waals surface area contributed by atoms with E-state index in [9.17, 15) is 9.50 Å². The summed E-state index contributed by atoms with van der Waals surface area (Å²) >= 11 is 0. The molecule has 0 heterocycles. The standard InChI is InChI=1S/C19H29FO/c1-2-3-5-11-19(12-6-4-7-13-19)14-10-16-8-9-17(21)15-18(16)20/h8-9,15,21H,2-7,10-14H2,1H3. The number of rotatable bonds is 7. The van der Waals surface area contributed by atoms with E-state index in [1.807, 2.05) is 0 Å². The highest BCUT2D eigenvalue weighted by Gasteiger charge is 2.31. The average molecular weight is 292 g/mol. The van der Waals surface area contributed by atoms with Gasteiger partial charge in [0.2, 0.25) is 0 Å². The van der Waals surface area contributed by atoms with E-state index in [-0.39, 0.29) is 11.6 Å². The lowest BCUT2D eigenvalue weighted by molar-refractivity contribution is 0.152. The molecule has 118 valence electrons. The number of benzene rings is 1. The third-order valence-electron chi connectivity index (χ3n) is 5.19. The lowest BCUT2D eigenvalue weighted by atomic mass is 9.68. The fourth-order valence-corrected chi connectivity index (χ4v) is 3.82. The Hall–Kier alpha value is -1.05. The Balaban J connectivity index is 1.97. The number of unbranched alkanes of at least 4 members (excludes halogenated alkanes) is 2. The molecule has 1 fully saturated rings. The van der Waals surface area contributed by atoms with Crippen molar-refractivity contribution < 1.29 is 9.50 Å². The number of phenolic OH excluding ortho intramolecular Hbond substituents is 1. The number of phenols is 1. The second-order valence-corrected chi connectivity index (χ2v) is 6.79. The van der Waals surface area contributed by atoms with E-state index in [4.69, 9.17) is 0 Å². The highest BCUT2D eigenvalue weighted by molar-refractivity contribution is 5.27.